The molecule has 0 aliphatic rings. The monoisotopic (exact) mass is 157 g/mol. The molecule has 0 aliphatic heterocycles. The Kier molecular flexibility index (Phi) is 1.45. The van der Waals surface area contributed by atoms with Crippen molar-refractivity contribution in [3.8, 4) is 12.0 Å². The van der Waals surface area contributed by atoms with Crippen LogP contribution in [0, 0.1) is 12.0 Å². The Hall–Kier alpha value is -1.95. The summed E-state index contributed by atoms with van der Waals surface area (Å²) in [6.07, 6.45) is 3.54. The Balaban J connectivity index is 2.65. The van der Waals surface area contributed by atoms with Crippen molar-refractivity contribution in [3.63, 3.8) is 0 Å². The molecule has 2 rings (SSSR count). The number of fused-ring (bicyclic) bond motifs is 1. The highest BCUT2D eigenvalue weighted by molar-refractivity contribution is 5.76. The van der Waals surface area contributed by atoms with Gasteiger partial charge in [0.25, 0.3) is 0 Å². The number of nitrogens with one attached hydrogen (secondary N) is 1. The van der Waals surface area contributed by atoms with Gasteiger partial charge in [0.05, 0.1) is 0 Å². The molecule has 0 unspecified atom stereocenters. The summed E-state index contributed by atoms with van der Waals surface area (Å²) < 4.78 is 0. The van der Waals surface area contributed by atoms with Gasteiger partial charge in [0.2, 0.25) is 0 Å². The van der Waals surface area contributed by atoms with Gasteiger partial charge in [0, 0.05) is 29.4 Å². The van der Waals surface area contributed by atoms with Crippen LogP contribution in [0.2, 0.25) is 0 Å². The molecule has 2 heterocycles. The average molecular weight is 157 g/mol. The second kappa shape index (κ2) is 2.59. The summed E-state index contributed by atoms with van der Waals surface area (Å²) in [4.78, 5) is 7.14. The van der Waals surface area contributed by atoms with Crippen molar-refractivity contribution < 1.29 is 0 Å². The average Bonchev–Trinajstić information content (AvgIpc) is 2.51. The summed E-state index contributed by atoms with van der Waals surface area (Å²) in [5.41, 5.74) is 6.79. The lowest BCUT2D eigenvalue weighted by atomic mass is 10.2. The normalized spacial score (nSPS) is 9.33. The van der Waals surface area contributed by atoms with Crippen LogP contribution in [-0.2, 0) is 0 Å². The third-order valence-electron chi connectivity index (χ3n) is 1.62. The molecule has 0 aromatic carbocycles. The minimum atomic E-state index is 0.838. The number of H-pyrrole nitrogens is 1. The van der Waals surface area contributed by atoms with Crippen molar-refractivity contribution in [2.45, 2.75) is 0 Å². The van der Waals surface area contributed by atoms with Crippen molar-refractivity contribution >= 4 is 11.0 Å². The van der Waals surface area contributed by atoms with Gasteiger partial charge in [-0.05, 0) is 18.1 Å². The first-order chi connectivity index (χ1) is 5.90. The summed E-state index contributed by atoms with van der Waals surface area (Å²) >= 11 is 0. The van der Waals surface area contributed by atoms with E-state index in [-0.39, 0.29) is 0 Å². The van der Waals surface area contributed by atoms with E-state index in [0.29, 0.717) is 0 Å². The molecule has 0 amide bonds. The quantitative estimate of drug-likeness (QED) is 0.439. The first-order valence-electron chi connectivity index (χ1n) is 3.55. The highest BCUT2D eigenvalue weighted by atomic mass is 14.8. The molecule has 0 aliphatic carbocycles. The molecule has 2 aromatic heterocycles. The van der Waals surface area contributed by atoms with Crippen molar-refractivity contribution in [2.24, 2.45) is 5.73 Å². The molecule has 0 fully saturated rings. The number of rotatable bonds is 0. The molecule has 12 heavy (non-hydrogen) atoms. The molecule has 2 aromatic rings. The number of pyridine rings is 1. The smallest absolute Gasteiger partial charge is 0.137 e. The van der Waals surface area contributed by atoms with E-state index in [0.717, 1.165) is 16.6 Å². The molecular formula is C9H7N3. The van der Waals surface area contributed by atoms with Gasteiger partial charge in [0.15, 0.2) is 0 Å². The molecule has 3 N–H and O–H groups in total. The van der Waals surface area contributed by atoms with Crippen LogP contribution in [0.15, 0.2) is 24.5 Å². The lowest BCUT2D eigenvalue weighted by molar-refractivity contribution is 1.32. The molecule has 0 spiro atoms. The predicted octanol–water partition coefficient (Wildman–Crippen LogP) is 0.831. The van der Waals surface area contributed by atoms with Crippen LogP contribution in [0.25, 0.3) is 11.0 Å². The Morgan fingerprint density at radius 1 is 1.50 bits per heavy atom. The summed E-state index contributed by atoms with van der Waals surface area (Å²) in [7, 11) is 0. The molecule has 0 radical (unpaired) electrons. The second-order valence-corrected chi connectivity index (χ2v) is 2.41. The largest absolute Gasteiger partial charge is 0.359 e. The third kappa shape index (κ3) is 0.995. The molecule has 3 nitrogen and oxygen atoms in total. The highest BCUT2D eigenvalue weighted by Crippen LogP contribution is 2.09. The molecule has 0 atom stereocenters. The standard InChI is InChI=1S/C9H7N3/c10-3-1-7-5-8-2-4-11-9(8)12-6-7/h2,4-6H,10H2,(H,11,12). The SMILES string of the molecule is NC#Cc1cnc2[nH]ccc2c1. The van der Waals surface area contributed by atoms with Crippen LogP contribution in [0.4, 0.5) is 0 Å². The Bertz CT molecular complexity index is 459. The maximum atomic E-state index is 5.08. The first-order valence-corrected chi connectivity index (χ1v) is 3.55. The van der Waals surface area contributed by atoms with Crippen molar-refractivity contribution in [3.05, 3.63) is 30.1 Å². The molecule has 0 saturated carbocycles. The van der Waals surface area contributed by atoms with Crippen LogP contribution >= 0.6 is 0 Å². The fourth-order valence-corrected chi connectivity index (χ4v) is 1.09. The van der Waals surface area contributed by atoms with E-state index < -0.39 is 0 Å². The zero-order valence-electron chi connectivity index (χ0n) is 6.33. The van der Waals surface area contributed by atoms with E-state index >= 15 is 0 Å². The number of aromatic nitrogens is 2. The molecule has 0 saturated heterocycles. The summed E-state index contributed by atoms with van der Waals surface area (Å²) in [5, 5.41) is 1.05. The van der Waals surface area contributed by atoms with Gasteiger partial charge in [-0.2, -0.15) is 0 Å². The van der Waals surface area contributed by atoms with Crippen molar-refractivity contribution in [1.82, 2.24) is 9.97 Å². The predicted molar refractivity (Wildman–Crippen MR) is 47.2 cm³/mol. The minimum Gasteiger partial charge on any atom is -0.359 e. The fraction of sp³-hybridized carbons (Fsp3) is 0. The van der Waals surface area contributed by atoms with Gasteiger partial charge in [-0.3, -0.25) is 0 Å². The maximum absolute atomic E-state index is 5.08. The van der Waals surface area contributed by atoms with E-state index in [2.05, 4.69) is 21.9 Å². The zero-order chi connectivity index (χ0) is 8.39. The number of hydrogen-bond acceptors (Lipinski definition) is 2. The van der Waals surface area contributed by atoms with E-state index in [9.17, 15) is 0 Å². The van der Waals surface area contributed by atoms with Crippen molar-refractivity contribution in [2.75, 3.05) is 0 Å². The first kappa shape index (κ1) is 6.74. The van der Waals surface area contributed by atoms with Gasteiger partial charge < -0.3 is 10.7 Å². The topological polar surface area (TPSA) is 54.7 Å². The number of nitrogens with two attached hydrogens (primary N) is 1. The lowest BCUT2D eigenvalue weighted by Crippen LogP contribution is -1.82. The van der Waals surface area contributed by atoms with Crippen molar-refractivity contribution in [1.29, 1.82) is 0 Å². The Morgan fingerprint density at radius 2 is 2.42 bits per heavy atom. The van der Waals surface area contributed by atoms with E-state index in [1.165, 1.54) is 0 Å². The fourth-order valence-electron chi connectivity index (χ4n) is 1.09. The third-order valence-corrected chi connectivity index (χ3v) is 1.62. The van der Waals surface area contributed by atoms with Crippen LogP contribution in [0.3, 0.4) is 0 Å². The van der Waals surface area contributed by atoms with Crippen LogP contribution in [0.1, 0.15) is 5.56 Å². The zero-order valence-corrected chi connectivity index (χ0v) is 6.33. The van der Waals surface area contributed by atoms with Gasteiger partial charge >= 0.3 is 0 Å². The minimum absolute atomic E-state index is 0.838. The van der Waals surface area contributed by atoms with Crippen LogP contribution < -0.4 is 5.73 Å². The molecule has 3 heteroatoms. The lowest BCUT2D eigenvalue weighted by Gasteiger charge is -1.89. The van der Waals surface area contributed by atoms with Gasteiger partial charge in [-0.15, -0.1) is 0 Å². The summed E-state index contributed by atoms with van der Waals surface area (Å²) in [6, 6.07) is 6.23. The second-order valence-electron chi connectivity index (χ2n) is 2.41. The van der Waals surface area contributed by atoms with Crippen LogP contribution in [0.5, 0.6) is 0 Å². The van der Waals surface area contributed by atoms with Crippen LogP contribution in [-0.4, -0.2) is 9.97 Å². The van der Waals surface area contributed by atoms with Gasteiger partial charge in [-0.25, -0.2) is 4.98 Å². The number of hydrogen-bond donors (Lipinski definition) is 2. The summed E-state index contributed by atoms with van der Waals surface area (Å²) in [6.45, 7) is 0. The van der Waals surface area contributed by atoms with E-state index in [1.54, 1.807) is 6.20 Å². The Labute approximate surface area is 69.6 Å². The maximum Gasteiger partial charge on any atom is 0.137 e. The van der Waals surface area contributed by atoms with Gasteiger partial charge in [0.1, 0.15) is 5.65 Å². The Morgan fingerprint density at radius 3 is 3.25 bits per heavy atom. The molecule has 0 bridgehead atoms. The van der Waals surface area contributed by atoms with Gasteiger partial charge in [-0.1, -0.05) is 0 Å². The highest BCUT2D eigenvalue weighted by Gasteiger charge is 1.94. The number of nitrogens with zero attached hydrogens (tertiary/aromatic N) is 1. The number of aromatic amines is 1. The molecular weight excluding hydrogens is 150 g/mol. The van der Waals surface area contributed by atoms with E-state index in [1.807, 2.05) is 18.3 Å². The van der Waals surface area contributed by atoms with E-state index in [4.69, 9.17) is 5.73 Å². The summed E-state index contributed by atoms with van der Waals surface area (Å²) in [5.74, 6) is 2.74. The molecule has 58 valence electrons.